The fourth-order valence-corrected chi connectivity index (χ4v) is 8.81. The average Bonchev–Trinajstić information content (AvgIpc) is 3.87. The maximum Gasteiger partial charge on any atom is 0.160 e. The molecule has 5 nitrogen and oxygen atoms in total. The zero-order chi connectivity index (χ0) is 39.6. The normalized spacial score (nSPS) is 11.7. The van der Waals surface area contributed by atoms with Crippen molar-refractivity contribution in [3.8, 4) is 61.8 Å². The van der Waals surface area contributed by atoms with E-state index in [0.717, 1.165) is 94.4 Å². The molecule has 0 atom stereocenters. The molecule has 0 saturated heterocycles. The van der Waals surface area contributed by atoms with Gasteiger partial charge in [-0.3, -0.25) is 4.98 Å². The summed E-state index contributed by atoms with van der Waals surface area (Å²) in [6.07, 6.45) is 1.85. The van der Waals surface area contributed by atoms with Crippen LogP contribution in [0.1, 0.15) is 0 Å². The Labute approximate surface area is 345 Å². The van der Waals surface area contributed by atoms with Gasteiger partial charge >= 0.3 is 0 Å². The van der Waals surface area contributed by atoms with Crippen molar-refractivity contribution in [2.45, 2.75) is 0 Å². The van der Waals surface area contributed by atoms with Gasteiger partial charge in [0.2, 0.25) is 0 Å². The molecule has 0 N–H and O–H groups in total. The molecule has 0 aliphatic carbocycles. The van der Waals surface area contributed by atoms with Crippen LogP contribution in [-0.2, 0) is 0 Å². The maximum absolute atomic E-state index is 6.21. The van der Waals surface area contributed by atoms with Crippen molar-refractivity contribution in [2.75, 3.05) is 0 Å². The Kier molecular flexibility index (Phi) is 7.78. The lowest BCUT2D eigenvalue weighted by atomic mass is 9.92. The van der Waals surface area contributed by atoms with Crippen LogP contribution in [0.5, 0.6) is 0 Å². The molecule has 0 spiro atoms. The number of pyridine rings is 1. The number of benzene rings is 8. The highest BCUT2D eigenvalue weighted by Crippen LogP contribution is 2.40. The van der Waals surface area contributed by atoms with E-state index in [1.165, 1.54) is 16.3 Å². The largest absolute Gasteiger partial charge is 0.456 e. The van der Waals surface area contributed by atoms with E-state index in [-0.39, 0.29) is 0 Å². The summed E-state index contributed by atoms with van der Waals surface area (Å²) in [6.45, 7) is 0. The summed E-state index contributed by atoms with van der Waals surface area (Å²) in [4.78, 5) is 15.2. The van der Waals surface area contributed by atoms with E-state index in [1.54, 1.807) is 0 Å². The zero-order valence-electron chi connectivity index (χ0n) is 32.3. The Hall–Kier alpha value is -8.15. The molecule has 60 heavy (non-hydrogen) atoms. The number of hydrogen-bond donors (Lipinski definition) is 0. The van der Waals surface area contributed by atoms with E-state index >= 15 is 0 Å². The van der Waals surface area contributed by atoms with Crippen molar-refractivity contribution >= 4 is 54.6 Å². The van der Waals surface area contributed by atoms with Crippen LogP contribution in [0.2, 0.25) is 0 Å². The molecular formula is C55H34N4O. The van der Waals surface area contributed by atoms with Crippen LogP contribution < -0.4 is 0 Å². The second-order valence-corrected chi connectivity index (χ2v) is 15.2. The van der Waals surface area contributed by atoms with Gasteiger partial charge in [0.15, 0.2) is 5.82 Å². The van der Waals surface area contributed by atoms with Crippen LogP contribution in [-0.4, -0.2) is 19.5 Å². The smallest absolute Gasteiger partial charge is 0.160 e. The molecule has 8 aromatic carbocycles. The Morgan fingerprint density at radius 2 is 1.03 bits per heavy atom. The van der Waals surface area contributed by atoms with Crippen molar-refractivity contribution in [1.82, 2.24) is 19.5 Å². The van der Waals surface area contributed by atoms with Gasteiger partial charge in [0.1, 0.15) is 11.2 Å². The first kappa shape index (κ1) is 33.9. The molecule has 0 radical (unpaired) electrons. The fraction of sp³-hybridized carbons (Fsp3) is 0. The lowest BCUT2D eigenvalue weighted by Crippen LogP contribution is -1.97. The summed E-state index contributed by atoms with van der Waals surface area (Å²) in [7, 11) is 0. The lowest BCUT2D eigenvalue weighted by Gasteiger charge is -2.14. The third-order valence-corrected chi connectivity index (χ3v) is 11.6. The van der Waals surface area contributed by atoms with Gasteiger partial charge in [-0.05, 0) is 113 Å². The average molecular weight is 767 g/mol. The Bertz CT molecular complexity index is 3600. The summed E-state index contributed by atoms with van der Waals surface area (Å²) in [5.74, 6) is 0.664. The van der Waals surface area contributed by atoms with Gasteiger partial charge in [0.05, 0.1) is 27.9 Å². The molecule has 4 aromatic heterocycles. The summed E-state index contributed by atoms with van der Waals surface area (Å²) in [5.41, 5.74) is 15.2. The third-order valence-electron chi connectivity index (χ3n) is 11.6. The molecule has 0 fully saturated rings. The Balaban J connectivity index is 1.10. The van der Waals surface area contributed by atoms with E-state index in [2.05, 4.69) is 162 Å². The van der Waals surface area contributed by atoms with Gasteiger partial charge in [0, 0.05) is 55.5 Å². The van der Waals surface area contributed by atoms with Gasteiger partial charge in [-0.15, -0.1) is 0 Å². The lowest BCUT2D eigenvalue weighted by molar-refractivity contribution is 0.669. The minimum atomic E-state index is 0.664. The van der Waals surface area contributed by atoms with Crippen molar-refractivity contribution in [1.29, 1.82) is 0 Å². The SMILES string of the molecule is c1ccc(-c2nc(-c3cc(-c4ccc5c(c4)c4ccccc4n5-c4ccccc4)cc(-c4cccc5ncccc45)c3)cc(-c3ccc4oc5ccccc5c4c3)n2)cc1. The van der Waals surface area contributed by atoms with E-state index in [0.29, 0.717) is 5.82 Å². The van der Waals surface area contributed by atoms with Gasteiger partial charge in [-0.25, -0.2) is 9.97 Å². The Morgan fingerprint density at radius 3 is 1.92 bits per heavy atom. The maximum atomic E-state index is 6.21. The molecule has 4 heterocycles. The predicted molar refractivity (Wildman–Crippen MR) is 246 cm³/mol. The van der Waals surface area contributed by atoms with Crippen molar-refractivity contribution < 1.29 is 4.42 Å². The number of fused-ring (bicyclic) bond motifs is 7. The molecule has 0 aliphatic rings. The van der Waals surface area contributed by atoms with Gasteiger partial charge in [-0.2, -0.15) is 0 Å². The molecule has 5 heteroatoms. The summed E-state index contributed by atoms with van der Waals surface area (Å²) in [5, 5.41) is 5.65. The van der Waals surface area contributed by atoms with Gasteiger partial charge in [-0.1, -0.05) is 109 Å². The van der Waals surface area contributed by atoms with Crippen LogP contribution in [0.15, 0.2) is 211 Å². The van der Waals surface area contributed by atoms with Crippen LogP contribution in [0, 0.1) is 0 Å². The second kappa shape index (κ2) is 13.8. The number of nitrogens with zero attached hydrogens (tertiary/aromatic N) is 4. The van der Waals surface area contributed by atoms with E-state index in [1.807, 2.05) is 48.7 Å². The minimum Gasteiger partial charge on any atom is -0.456 e. The van der Waals surface area contributed by atoms with Crippen molar-refractivity contribution in [2.24, 2.45) is 0 Å². The highest BCUT2D eigenvalue weighted by molar-refractivity contribution is 6.11. The summed E-state index contributed by atoms with van der Waals surface area (Å²) in [6, 6.07) is 70.4. The summed E-state index contributed by atoms with van der Waals surface area (Å²) < 4.78 is 8.56. The Morgan fingerprint density at radius 1 is 0.367 bits per heavy atom. The fourth-order valence-electron chi connectivity index (χ4n) is 8.81. The standard InChI is InChI=1S/C55H34N4O/c1-3-13-35(14-4-1)55-57-49(37-25-27-54-47(33-37)45-18-8-10-23-53(45)60-54)34-50(58-55)40-30-38(29-39(31-40)42-19-11-21-48-43(42)20-12-28-56-48)36-24-26-52-46(32-36)44-17-7-9-22-51(44)59(52)41-15-5-2-6-16-41/h1-34H. The zero-order valence-corrected chi connectivity index (χ0v) is 32.3. The number of furan rings is 1. The predicted octanol–water partition coefficient (Wildman–Crippen LogP) is 14.4. The summed E-state index contributed by atoms with van der Waals surface area (Å²) >= 11 is 0. The molecule has 0 aliphatic heterocycles. The first-order valence-electron chi connectivity index (χ1n) is 20.2. The quantitative estimate of drug-likeness (QED) is 0.169. The van der Waals surface area contributed by atoms with Crippen molar-refractivity contribution in [3.63, 3.8) is 0 Å². The monoisotopic (exact) mass is 766 g/mol. The second-order valence-electron chi connectivity index (χ2n) is 15.2. The molecule has 280 valence electrons. The molecule has 0 bridgehead atoms. The molecular weight excluding hydrogens is 733 g/mol. The van der Waals surface area contributed by atoms with Crippen LogP contribution in [0.3, 0.4) is 0 Å². The van der Waals surface area contributed by atoms with Crippen LogP contribution in [0.25, 0.3) is 116 Å². The number of para-hydroxylation sites is 3. The number of aromatic nitrogens is 4. The topological polar surface area (TPSA) is 56.7 Å². The molecule has 12 rings (SSSR count). The molecule has 12 aromatic rings. The molecule has 0 unspecified atom stereocenters. The molecule has 0 saturated carbocycles. The first-order chi connectivity index (χ1) is 29.7. The van der Waals surface area contributed by atoms with Gasteiger partial charge < -0.3 is 8.98 Å². The van der Waals surface area contributed by atoms with Crippen LogP contribution >= 0.6 is 0 Å². The van der Waals surface area contributed by atoms with Crippen LogP contribution in [0.4, 0.5) is 0 Å². The number of rotatable bonds is 6. The van der Waals surface area contributed by atoms with E-state index in [9.17, 15) is 0 Å². The molecule has 0 amide bonds. The van der Waals surface area contributed by atoms with Gasteiger partial charge in [0.25, 0.3) is 0 Å². The highest BCUT2D eigenvalue weighted by atomic mass is 16.3. The highest BCUT2D eigenvalue weighted by Gasteiger charge is 2.18. The van der Waals surface area contributed by atoms with E-state index < -0.39 is 0 Å². The van der Waals surface area contributed by atoms with E-state index in [4.69, 9.17) is 19.4 Å². The van der Waals surface area contributed by atoms with Crippen molar-refractivity contribution in [3.05, 3.63) is 206 Å². The third kappa shape index (κ3) is 5.67. The first-order valence-corrected chi connectivity index (χ1v) is 20.2. The number of hydrogen-bond acceptors (Lipinski definition) is 4. The minimum absolute atomic E-state index is 0.664.